The van der Waals surface area contributed by atoms with Crippen molar-refractivity contribution in [3.63, 3.8) is 0 Å². The molecule has 0 atom stereocenters. The molecule has 0 unspecified atom stereocenters. The highest BCUT2D eigenvalue weighted by Gasteiger charge is 2.27. The Kier molecular flexibility index (Phi) is 6.83. The fourth-order valence-corrected chi connectivity index (χ4v) is 2.44. The molecule has 0 spiro atoms. The van der Waals surface area contributed by atoms with Crippen molar-refractivity contribution in [3.05, 3.63) is 12.7 Å². The van der Waals surface area contributed by atoms with Gasteiger partial charge in [-0.25, -0.2) is 0 Å². The smallest absolute Gasteiger partial charge is 0.000612 e. The topological polar surface area (TPSA) is 15.3 Å². The molecule has 0 radical (unpaired) electrons. The van der Waals surface area contributed by atoms with Crippen molar-refractivity contribution in [2.75, 3.05) is 33.2 Å². The SMILES string of the molecule is C=CCCCCCNCC1(C)CCN(C)CC1. The van der Waals surface area contributed by atoms with E-state index in [1.54, 1.807) is 0 Å². The Labute approximate surface area is 107 Å². The highest BCUT2D eigenvalue weighted by Crippen LogP contribution is 2.29. The summed E-state index contributed by atoms with van der Waals surface area (Å²) in [6.07, 6.45) is 9.81. The van der Waals surface area contributed by atoms with Crippen molar-refractivity contribution in [1.82, 2.24) is 10.2 Å². The number of unbranched alkanes of at least 4 members (excludes halogenated alkanes) is 3. The summed E-state index contributed by atoms with van der Waals surface area (Å²) in [7, 11) is 2.23. The third-order valence-electron chi connectivity index (χ3n) is 4.01. The van der Waals surface area contributed by atoms with Crippen LogP contribution in [0.4, 0.5) is 0 Å². The number of nitrogens with zero attached hydrogens (tertiary/aromatic N) is 1. The van der Waals surface area contributed by atoms with Crippen LogP contribution in [-0.2, 0) is 0 Å². The zero-order valence-electron chi connectivity index (χ0n) is 11.8. The summed E-state index contributed by atoms with van der Waals surface area (Å²) in [5, 5.41) is 3.64. The van der Waals surface area contributed by atoms with Gasteiger partial charge in [-0.1, -0.05) is 19.4 Å². The molecule has 1 aliphatic heterocycles. The minimum Gasteiger partial charge on any atom is -0.316 e. The zero-order valence-corrected chi connectivity index (χ0v) is 11.8. The predicted octanol–water partition coefficient (Wildman–Crippen LogP) is 3.05. The second-order valence-electron chi connectivity index (χ2n) is 5.93. The van der Waals surface area contributed by atoms with Gasteiger partial charge in [0.05, 0.1) is 0 Å². The Morgan fingerprint density at radius 1 is 1.24 bits per heavy atom. The van der Waals surface area contributed by atoms with E-state index in [0.29, 0.717) is 5.41 Å². The number of piperidine rings is 1. The maximum absolute atomic E-state index is 3.75. The second kappa shape index (κ2) is 7.88. The van der Waals surface area contributed by atoms with Crippen LogP contribution in [0.2, 0.25) is 0 Å². The highest BCUT2D eigenvalue weighted by atomic mass is 15.1. The van der Waals surface area contributed by atoms with Crippen LogP contribution >= 0.6 is 0 Å². The van der Waals surface area contributed by atoms with Gasteiger partial charge in [0.2, 0.25) is 0 Å². The first-order valence-electron chi connectivity index (χ1n) is 7.16. The van der Waals surface area contributed by atoms with Gasteiger partial charge >= 0.3 is 0 Å². The number of nitrogens with one attached hydrogen (secondary N) is 1. The van der Waals surface area contributed by atoms with Gasteiger partial charge in [-0.15, -0.1) is 6.58 Å². The van der Waals surface area contributed by atoms with Crippen LogP contribution < -0.4 is 5.32 Å². The molecule has 1 rings (SSSR count). The van der Waals surface area contributed by atoms with Gasteiger partial charge in [0.25, 0.3) is 0 Å². The van der Waals surface area contributed by atoms with E-state index in [1.165, 1.54) is 64.7 Å². The lowest BCUT2D eigenvalue weighted by Gasteiger charge is -2.38. The molecule has 1 aliphatic rings. The standard InChI is InChI=1S/C15H30N2/c1-4-5-6-7-8-11-16-14-15(2)9-12-17(3)13-10-15/h4,16H,1,5-14H2,2-3H3. The minimum atomic E-state index is 0.535. The van der Waals surface area contributed by atoms with Gasteiger partial charge in [0.15, 0.2) is 0 Å². The number of likely N-dealkylation sites (tertiary alicyclic amines) is 1. The number of allylic oxidation sites excluding steroid dienone is 1. The van der Waals surface area contributed by atoms with E-state index < -0.39 is 0 Å². The molecule has 0 saturated carbocycles. The lowest BCUT2D eigenvalue weighted by atomic mass is 9.80. The molecule has 0 aromatic carbocycles. The lowest BCUT2D eigenvalue weighted by molar-refractivity contribution is 0.137. The van der Waals surface area contributed by atoms with Gasteiger partial charge < -0.3 is 10.2 Å². The predicted molar refractivity (Wildman–Crippen MR) is 76.4 cm³/mol. The molecule has 17 heavy (non-hydrogen) atoms. The van der Waals surface area contributed by atoms with E-state index in [2.05, 4.69) is 30.8 Å². The summed E-state index contributed by atoms with van der Waals surface area (Å²) >= 11 is 0. The van der Waals surface area contributed by atoms with Crippen molar-refractivity contribution < 1.29 is 0 Å². The average Bonchev–Trinajstić information content (AvgIpc) is 2.32. The molecule has 0 bridgehead atoms. The van der Waals surface area contributed by atoms with Crippen molar-refractivity contribution in [1.29, 1.82) is 0 Å². The van der Waals surface area contributed by atoms with E-state index in [4.69, 9.17) is 0 Å². The third kappa shape index (κ3) is 6.23. The number of hydrogen-bond acceptors (Lipinski definition) is 2. The van der Waals surface area contributed by atoms with Crippen molar-refractivity contribution in [3.8, 4) is 0 Å². The maximum Gasteiger partial charge on any atom is 0.000612 e. The molecule has 0 aliphatic carbocycles. The van der Waals surface area contributed by atoms with Gasteiger partial charge in [-0.05, 0) is 64.2 Å². The molecule has 0 aromatic rings. The van der Waals surface area contributed by atoms with E-state index in [-0.39, 0.29) is 0 Å². The fourth-order valence-electron chi connectivity index (χ4n) is 2.44. The first kappa shape index (κ1) is 14.7. The first-order valence-corrected chi connectivity index (χ1v) is 7.16. The van der Waals surface area contributed by atoms with Crippen molar-refractivity contribution in [2.24, 2.45) is 5.41 Å². The monoisotopic (exact) mass is 238 g/mol. The summed E-state index contributed by atoms with van der Waals surface area (Å²) in [4.78, 5) is 2.44. The highest BCUT2D eigenvalue weighted by molar-refractivity contribution is 4.83. The van der Waals surface area contributed by atoms with Gasteiger partial charge in [-0.3, -0.25) is 0 Å². The Morgan fingerprint density at radius 3 is 2.59 bits per heavy atom. The molecule has 100 valence electrons. The average molecular weight is 238 g/mol. The van der Waals surface area contributed by atoms with Crippen LogP contribution in [0.5, 0.6) is 0 Å². The van der Waals surface area contributed by atoms with Crippen LogP contribution in [0.25, 0.3) is 0 Å². The summed E-state index contributed by atoms with van der Waals surface area (Å²) in [5.74, 6) is 0. The normalized spacial score (nSPS) is 20.4. The third-order valence-corrected chi connectivity index (χ3v) is 4.01. The molecule has 0 amide bonds. The summed E-state index contributed by atoms with van der Waals surface area (Å²) in [6, 6.07) is 0. The second-order valence-corrected chi connectivity index (χ2v) is 5.93. The van der Waals surface area contributed by atoms with Crippen LogP contribution in [0.1, 0.15) is 45.4 Å². The molecule has 2 nitrogen and oxygen atoms in total. The fraction of sp³-hybridized carbons (Fsp3) is 0.867. The van der Waals surface area contributed by atoms with E-state index in [1.807, 2.05) is 6.08 Å². The Balaban J connectivity index is 2.00. The molecule has 1 fully saturated rings. The van der Waals surface area contributed by atoms with E-state index in [0.717, 1.165) is 0 Å². The minimum absolute atomic E-state index is 0.535. The van der Waals surface area contributed by atoms with Crippen molar-refractivity contribution in [2.45, 2.75) is 45.4 Å². The molecule has 0 aromatic heterocycles. The van der Waals surface area contributed by atoms with Gasteiger partial charge in [-0.2, -0.15) is 0 Å². The maximum atomic E-state index is 3.75. The Morgan fingerprint density at radius 2 is 1.94 bits per heavy atom. The molecule has 1 N–H and O–H groups in total. The van der Waals surface area contributed by atoms with Gasteiger partial charge in [0, 0.05) is 6.54 Å². The molecular formula is C15H30N2. The number of rotatable bonds is 8. The summed E-state index contributed by atoms with van der Waals surface area (Å²) < 4.78 is 0. The molecule has 1 saturated heterocycles. The van der Waals surface area contributed by atoms with Crippen molar-refractivity contribution >= 4 is 0 Å². The largest absolute Gasteiger partial charge is 0.316 e. The molecule has 1 heterocycles. The Bertz CT molecular complexity index is 205. The lowest BCUT2D eigenvalue weighted by Crippen LogP contribution is -2.42. The summed E-state index contributed by atoms with van der Waals surface area (Å²) in [5.41, 5.74) is 0.535. The quantitative estimate of drug-likeness (QED) is 0.516. The van der Waals surface area contributed by atoms with Crippen LogP contribution in [0.3, 0.4) is 0 Å². The molecular weight excluding hydrogens is 208 g/mol. The summed E-state index contributed by atoms with van der Waals surface area (Å²) in [6.45, 7) is 11.1. The van der Waals surface area contributed by atoms with E-state index >= 15 is 0 Å². The van der Waals surface area contributed by atoms with Gasteiger partial charge in [0.1, 0.15) is 0 Å². The zero-order chi connectivity index (χ0) is 12.6. The van der Waals surface area contributed by atoms with Crippen LogP contribution in [-0.4, -0.2) is 38.1 Å². The van der Waals surface area contributed by atoms with Crippen LogP contribution in [0.15, 0.2) is 12.7 Å². The first-order chi connectivity index (χ1) is 8.16. The van der Waals surface area contributed by atoms with Crippen LogP contribution in [0, 0.1) is 5.41 Å². The number of hydrogen-bond donors (Lipinski definition) is 1. The molecule has 2 heteroatoms. The Hall–Kier alpha value is -0.340. The van der Waals surface area contributed by atoms with E-state index in [9.17, 15) is 0 Å².